The second-order valence-electron chi connectivity index (χ2n) is 19.3. The van der Waals surface area contributed by atoms with Crippen molar-refractivity contribution in [3.63, 3.8) is 0 Å². The quantitative estimate of drug-likeness (QED) is 0.0347. The zero-order valence-corrected chi connectivity index (χ0v) is 43.9. The van der Waals surface area contributed by atoms with E-state index in [1.54, 1.807) is 0 Å². The minimum atomic E-state index is -3.68. The number of allylic oxidation sites excluding steroid dienone is 6. The molecule has 0 saturated carbocycles. The molecule has 3 atom stereocenters. The van der Waals surface area contributed by atoms with Gasteiger partial charge in [0, 0.05) is 0 Å². The number of unbranched alkanes of at least 4 members (excludes halogenated alkanes) is 33. The van der Waals surface area contributed by atoms with Crippen molar-refractivity contribution in [1.29, 1.82) is 0 Å². The minimum absolute atomic E-state index is 0.148. The van der Waals surface area contributed by atoms with E-state index in [4.69, 9.17) is 13.6 Å². The van der Waals surface area contributed by atoms with Gasteiger partial charge in [-0.05, 0) is 117 Å². The molecule has 0 aromatic rings. The molecule has 62 heavy (non-hydrogen) atoms. The van der Waals surface area contributed by atoms with Gasteiger partial charge in [0.1, 0.15) is 0 Å². The first-order valence-electron chi connectivity index (χ1n) is 28.0. The molecule has 368 valence electrons. The number of phosphoric acid groups is 1. The van der Waals surface area contributed by atoms with Gasteiger partial charge < -0.3 is 0 Å². The lowest BCUT2D eigenvalue weighted by atomic mass is 10.1. The Balaban J connectivity index is 4.54. The molecule has 0 aromatic heterocycles. The van der Waals surface area contributed by atoms with Crippen LogP contribution in [0.4, 0.5) is 0 Å². The average molecular weight is 891 g/mol. The first kappa shape index (κ1) is 61.3. The Bertz CT molecular complexity index is 883. The SMILES string of the molecule is CCCCCCCC/C=C\CCCCCCCC(C)OP(=O)(OC(C)CCCCCCC/C=C\CCCCCCCC)OC(C)CCCCCCC/C=C\CCCCCCCC. The van der Waals surface area contributed by atoms with E-state index in [1.807, 2.05) is 0 Å². The van der Waals surface area contributed by atoms with Crippen LogP contribution in [-0.4, -0.2) is 18.3 Å². The van der Waals surface area contributed by atoms with Gasteiger partial charge in [-0.1, -0.05) is 231 Å². The van der Waals surface area contributed by atoms with E-state index in [9.17, 15) is 4.57 Å². The predicted octanol–water partition coefficient (Wildman–Crippen LogP) is 21.4. The molecule has 0 heterocycles. The van der Waals surface area contributed by atoms with Gasteiger partial charge in [0.2, 0.25) is 0 Å². The molecule has 0 spiro atoms. The third-order valence-electron chi connectivity index (χ3n) is 12.5. The van der Waals surface area contributed by atoms with E-state index in [0.29, 0.717) is 0 Å². The topological polar surface area (TPSA) is 44.8 Å². The van der Waals surface area contributed by atoms with Crippen molar-refractivity contribution in [3.8, 4) is 0 Å². The lowest BCUT2D eigenvalue weighted by molar-refractivity contribution is 0.0358. The maximum absolute atomic E-state index is 14.2. The molecule has 0 rings (SSSR count). The van der Waals surface area contributed by atoms with Crippen LogP contribution < -0.4 is 0 Å². The van der Waals surface area contributed by atoms with E-state index in [1.165, 1.54) is 231 Å². The zero-order chi connectivity index (χ0) is 45.3. The highest BCUT2D eigenvalue weighted by atomic mass is 31.2. The van der Waals surface area contributed by atoms with Crippen molar-refractivity contribution in [2.45, 2.75) is 330 Å². The summed E-state index contributed by atoms with van der Waals surface area (Å²) in [5, 5.41) is 0. The van der Waals surface area contributed by atoms with E-state index in [-0.39, 0.29) is 18.3 Å². The van der Waals surface area contributed by atoms with Crippen LogP contribution in [0.1, 0.15) is 311 Å². The van der Waals surface area contributed by atoms with Crippen molar-refractivity contribution in [3.05, 3.63) is 36.5 Å². The Kier molecular flexibility index (Phi) is 49.2. The normalized spacial score (nSPS) is 14.7. The number of hydrogen-bond acceptors (Lipinski definition) is 4. The summed E-state index contributed by atoms with van der Waals surface area (Å²) in [5.41, 5.74) is 0. The lowest BCUT2D eigenvalue weighted by Gasteiger charge is -2.27. The first-order valence-corrected chi connectivity index (χ1v) is 29.4. The van der Waals surface area contributed by atoms with Gasteiger partial charge in [0.05, 0.1) is 18.3 Å². The monoisotopic (exact) mass is 891 g/mol. The van der Waals surface area contributed by atoms with Crippen LogP contribution in [0.15, 0.2) is 36.5 Å². The van der Waals surface area contributed by atoms with Gasteiger partial charge in [-0.2, -0.15) is 0 Å². The molecule has 0 radical (unpaired) electrons. The molecule has 0 aliphatic carbocycles. The summed E-state index contributed by atoms with van der Waals surface area (Å²) >= 11 is 0. The molecule has 0 aliphatic heterocycles. The maximum Gasteiger partial charge on any atom is 0.475 e. The molecule has 0 aliphatic rings. The summed E-state index contributed by atoms with van der Waals surface area (Å²) in [6.07, 6.45) is 67.0. The molecule has 3 unspecified atom stereocenters. The number of hydrogen-bond donors (Lipinski definition) is 0. The zero-order valence-electron chi connectivity index (χ0n) is 43.0. The number of phosphoric ester groups is 1. The largest absolute Gasteiger partial charge is 0.475 e. The standard InChI is InChI=1S/C57H111O4P/c1-7-10-13-16-19-22-25-28-31-34-37-40-43-46-49-52-55(4)59-62(58,60-56(5)53-50-47-44-41-38-35-32-29-26-23-20-17-14-11-8-2)61-57(6)54-51-48-45-42-39-36-33-30-27-24-21-18-15-12-9-3/h28-33,55-57H,7-27,34-54H2,1-6H3/b31-28-,32-29-,33-30-. The second-order valence-corrected chi connectivity index (χ2v) is 20.8. The maximum atomic E-state index is 14.2. The fraction of sp³-hybridized carbons (Fsp3) is 0.895. The van der Waals surface area contributed by atoms with Gasteiger partial charge >= 0.3 is 7.82 Å². The van der Waals surface area contributed by atoms with E-state index < -0.39 is 7.82 Å². The lowest BCUT2D eigenvalue weighted by Crippen LogP contribution is -2.17. The van der Waals surface area contributed by atoms with Gasteiger partial charge in [-0.25, -0.2) is 4.57 Å². The molecule has 0 saturated heterocycles. The molecule has 0 fully saturated rings. The molecular formula is C57H111O4P. The van der Waals surface area contributed by atoms with Crippen LogP contribution in [0.5, 0.6) is 0 Å². The van der Waals surface area contributed by atoms with Crippen LogP contribution in [0.25, 0.3) is 0 Å². The molecular weight excluding hydrogens is 780 g/mol. The molecule has 0 N–H and O–H groups in total. The third kappa shape index (κ3) is 47.3. The summed E-state index contributed by atoms with van der Waals surface area (Å²) < 4.78 is 33.0. The molecule has 0 aromatic carbocycles. The summed E-state index contributed by atoms with van der Waals surface area (Å²) in [6.45, 7) is 13.0. The third-order valence-corrected chi connectivity index (χ3v) is 14.4. The van der Waals surface area contributed by atoms with Crippen molar-refractivity contribution < 1.29 is 18.1 Å². The highest BCUT2D eigenvalue weighted by Gasteiger charge is 2.33. The van der Waals surface area contributed by atoms with E-state index in [0.717, 1.165) is 38.5 Å². The highest BCUT2D eigenvalue weighted by molar-refractivity contribution is 7.48. The first-order chi connectivity index (χ1) is 30.4. The predicted molar refractivity (Wildman–Crippen MR) is 278 cm³/mol. The van der Waals surface area contributed by atoms with Crippen molar-refractivity contribution >= 4 is 7.82 Å². The molecule has 0 bridgehead atoms. The average Bonchev–Trinajstić information content (AvgIpc) is 3.24. The Labute approximate surface area is 390 Å². The van der Waals surface area contributed by atoms with Crippen LogP contribution in [0.2, 0.25) is 0 Å². The van der Waals surface area contributed by atoms with E-state index in [2.05, 4.69) is 78.0 Å². The summed E-state index contributed by atoms with van der Waals surface area (Å²) in [7, 11) is -3.68. The summed E-state index contributed by atoms with van der Waals surface area (Å²) in [6, 6.07) is 0. The summed E-state index contributed by atoms with van der Waals surface area (Å²) in [5.74, 6) is 0. The summed E-state index contributed by atoms with van der Waals surface area (Å²) in [4.78, 5) is 0. The fourth-order valence-corrected chi connectivity index (χ4v) is 10.2. The Morgan fingerprint density at radius 3 is 0.677 bits per heavy atom. The minimum Gasteiger partial charge on any atom is -0.284 e. The van der Waals surface area contributed by atoms with Gasteiger partial charge in [0.25, 0.3) is 0 Å². The van der Waals surface area contributed by atoms with Crippen LogP contribution >= 0.6 is 7.82 Å². The smallest absolute Gasteiger partial charge is 0.284 e. The highest BCUT2D eigenvalue weighted by Crippen LogP contribution is 2.54. The Hall–Kier alpha value is -0.670. The molecule has 5 heteroatoms. The van der Waals surface area contributed by atoms with Crippen molar-refractivity contribution in [2.75, 3.05) is 0 Å². The molecule has 4 nitrogen and oxygen atoms in total. The van der Waals surface area contributed by atoms with Gasteiger partial charge in [-0.3, -0.25) is 13.6 Å². The Morgan fingerprint density at radius 1 is 0.290 bits per heavy atom. The van der Waals surface area contributed by atoms with Crippen LogP contribution in [-0.2, 0) is 18.1 Å². The van der Waals surface area contributed by atoms with Crippen molar-refractivity contribution in [2.24, 2.45) is 0 Å². The van der Waals surface area contributed by atoms with Gasteiger partial charge in [-0.15, -0.1) is 0 Å². The number of rotatable bonds is 51. The molecule has 0 amide bonds. The second kappa shape index (κ2) is 49.8. The Morgan fingerprint density at radius 2 is 0.468 bits per heavy atom. The fourth-order valence-electron chi connectivity index (χ4n) is 8.40. The van der Waals surface area contributed by atoms with Crippen LogP contribution in [0, 0.1) is 0 Å². The van der Waals surface area contributed by atoms with Gasteiger partial charge in [0.15, 0.2) is 0 Å². The van der Waals surface area contributed by atoms with Crippen molar-refractivity contribution in [1.82, 2.24) is 0 Å². The van der Waals surface area contributed by atoms with E-state index >= 15 is 0 Å². The van der Waals surface area contributed by atoms with Crippen LogP contribution in [0.3, 0.4) is 0 Å².